The zero-order valence-corrected chi connectivity index (χ0v) is 21.1. The zero-order chi connectivity index (χ0) is 26.9. The molecular weight excluding hydrogens is 476 g/mol. The van der Waals surface area contributed by atoms with E-state index in [9.17, 15) is 23.2 Å². The lowest BCUT2D eigenvalue weighted by atomic mass is 9.86. The summed E-state index contributed by atoms with van der Waals surface area (Å²) in [6, 6.07) is 16.7. The van der Waals surface area contributed by atoms with Gasteiger partial charge in [-0.3, -0.25) is 19.8 Å². The number of fused-ring (bicyclic) bond motifs is 3. The molecule has 0 saturated heterocycles. The number of carbonyl (C=O) groups is 3. The van der Waals surface area contributed by atoms with Gasteiger partial charge in [-0.05, 0) is 47.2 Å². The second-order valence-electron chi connectivity index (χ2n) is 10.3. The van der Waals surface area contributed by atoms with Gasteiger partial charge in [0.25, 0.3) is 11.8 Å². The number of hydrazine groups is 1. The van der Waals surface area contributed by atoms with Crippen LogP contribution in [0, 0.1) is 17.0 Å². The van der Waals surface area contributed by atoms with Crippen LogP contribution in [0.3, 0.4) is 0 Å². The predicted octanol–water partition coefficient (Wildman–Crippen LogP) is 4.89. The molecule has 1 unspecified atom stereocenters. The summed E-state index contributed by atoms with van der Waals surface area (Å²) >= 11 is 0. The summed E-state index contributed by atoms with van der Waals surface area (Å²) in [5.41, 5.74) is 5.20. The molecule has 0 saturated carbocycles. The minimum atomic E-state index is -1.04. The van der Waals surface area contributed by atoms with Crippen molar-refractivity contribution in [2.45, 2.75) is 46.1 Å². The third kappa shape index (κ3) is 5.53. The number of nitrogens with zero attached hydrogens (tertiary/aromatic N) is 1. The topological polar surface area (TPSA) is 78.5 Å². The van der Waals surface area contributed by atoms with Gasteiger partial charge in [0.05, 0.1) is 18.0 Å². The Morgan fingerprint density at radius 3 is 2.19 bits per heavy atom. The Balaban J connectivity index is 1.61. The van der Waals surface area contributed by atoms with E-state index in [2.05, 4.69) is 10.7 Å². The van der Waals surface area contributed by atoms with E-state index in [1.165, 1.54) is 5.01 Å². The first kappa shape index (κ1) is 26.0. The van der Waals surface area contributed by atoms with Crippen molar-refractivity contribution >= 4 is 23.4 Å². The highest BCUT2D eigenvalue weighted by Crippen LogP contribution is 2.40. The second-order valence-corrected chi connectivity index (χ2v) is 10.3. The number of para-hydroxylation sites is 1. The zero-order valence-electron chi connectivity index (χ0n) is 21.1. The first-order chi connectivity index (χ1) is 17.5. The average Bonchev–Trinajstić information content (AvgIpc) is 2.91. The molecule has 1 heterocycles. The number of rotatable bonds is 5. The standard InChI is InChI=1S/C29H29F2N3O3/c1-17-21-9-5-6-10-22(21)23-11-7-8-12-24(23)34(28(17)37)33-27(36)26(29(2,3)4)32-25(35)15-18-13-19(30)16-20(31)14-18/h5-14,16-17,26H,15H2,1-4H3,(H,32,35)(H,33,36)/t17?,26-/m1/s1. The monoisotopic (exact) mass is 505 g/mol. The van der Waals surface area contributed by atoms with Crippen molar-refractivity contribution in [2.75, 3.05) is 5.01 Å². The molecule has 0 fully saturated rings. The summed E-state index contributed by atoms with van der Waals surface area (Å²) < 4.78 is 27.1. The normalized spacial score (nSPS) is 15.8. The van der Waals surface area contributed by atoms with Crippen molar-refractivity contribution in [3.63, 3.8) is 0 Å². The van der Waals surface area contributed by atoms with E-state index in [1.807, 2.05) is 36.4 Å². The lowest BCUT2D eigenvalue weighted by Gasteiger charge is -2.33. The van der Waals surface area contributed by atoms with Crippen LogP contribution in [-0.4, -0.2) is 23.8 Å². The van der Waals surface area contributed by atoms with Gasteiger partial charge in [-0.25, -0.2) is 13.8 Å². The van der Waals surface area contributed by atoms with Crippen LogP contribution in [-0.2, 0) is 20.8 Å². The molecule has 192 valence electrons. The fourth-order valence-corrected chi connectivity index (χ4v) is 4.54. The molecule has 8 heteroatoms. The Kier molecular flexibility index (Phi) is 7.12. The number of carbonyl (C=O) groups excluding carboxylic acids is 3. The Labute approximate surface area is 214 Å². The van der Waals surface area contributed by atoms with Gasteiger partial charge in [0.2, 0.25) is 5.91 Å². The summed E-state index contributed by atoms with van der Waals surface area (Å²) in [5.74, 6) is -3.60. The van der Waals surface area contributed by atoms with Crippen LogP contribution >= 0.6 is 0 Å². The average molecular weight is 506 g/mol. The van der Waals surface area contributed by atoms with Gasteiger partial charge in [0, 0.05) is 11.6 Å². The fraction of sp³-hybridized carbons (Fsp3) is 0.276. The van der Waals surface area contributed by atoms with Gasteiger partial charge < -0.3 is 5.32 Å². The van der Waals surface area contributed by atoms with Crippen molar-refractivity contribution < 1.29 is 23.2 Å². The summed E-state index contributed by atoms with van der Waals surface area (Å²) in [6.07, 6.45) is -0.313. The molecule has 3 aromatic rings. The quantitative estimate of drug-likeness (QED) is 0.519. The molecule has 0 aromatic heterocycles. The number of amides is 3. The lowest BCUT2D eigenvalue weighted by molar-refractivity contribution is -0.133. The van der Waals surface area contributed by atoms with Crippen LogP contribution in [0.15, 0.2) is 66.7 Å². The molecule has 2 atom stereocenters. The summed E-state index contributed by atoms with van der Waals surface area (Å²) in [6.45, 7) is 7.11. The summed E-state index contributed by atoms with van der Waals surface area (Å²) in [5, 5.41) is 3.93. The van der Waals surface area contributed by atoms with Crippen molar-refractivity contribution in [1.82, 2.24) is 10.7 Å². The molecule has 0 spiro atoms. The van der Waals surface area contributed by atoms with Crippen LogP contribution in [0.5, 0.6) is 0 Å². The van der Waals surface area contributed by atoms with Crippen LogP contribution in [0.25, 0.3) is 11.1 Å². The fourth-order valence-electron chi connectivity index (χ4n) is 4.54. The minimum Gasteiger partial charge on any atom is -0.343 e. The number of hydrogen-bond acceptors (Lipinski definition) is 3. The Morgan fingerprint density at radius 2 is 1.54 bits per heavy atom. The van der Waals surface area contributed by atoms with Crippen LogP contribution in [0.1, 0.15) is 44.7 Å². The predicted molar refractivity (Wildman–Crippen MR) is 137 cm³/mol. The first-order valence-electron chi connectivity index (χ1n) is 12.0. The summed E-state index contributed by atoms with van der Waals surface area (Å²) in [7, 11) is 0. The highest BCUT2D eigenvalue weighted by molar-refractivity contribution is 6.07. The number of hydrogen-bond donors (Lipinski definition) is 2. The molecule has 4 rings (SSSR count). The van der Waals surface area contributed by atoms with E-state index in [1.54, 1.807) is 39.8 Å². The Hall–Kier alpha value is -4.07. The minimum absolute atomic E-state index is 0.145. The smallest absolute Gasteiger partial charge is 0.261 e. The maximum absolute atomic E-state index is 13.6. The highest BCUT2D eigenvalue weighted by Gasteiger charge is 2.37. The molecule has 2 N–H and O–H groups in total. The van der Waals surface area contributed by atoms with Gasteiger partial charge in [-0.1, -0.05) is 63.2 Å². The van der Waals surface area contributed by atoms with Gasteiger partial charge in [0.15, 0.2) is 0 Å². The number of benzene rings is 3. The van der Waals surface area contributed by atoms with Crippen LogP contribution in [0.2, 0.25) is 0 Å². The molecule has 37 heavy (non-hydrogen) atoms. The van der Waals surface area contributed by atoms with Crippen LogP contribution < -0.4 is 15.8 Å². The van der Waals surface area contributed by atoms with E-state index in [0.717, 1.165) is 34.9 Å². The van der Waals surface area contributed by atoms with E-state index in [4.69, 9.17) is 0 Å². The summed E-state index contributed by atoms with van der Waals surface area (Å²) in [4.78, 5) is 39.9. The first-order valence-corrected chi connectivity index (χ1v) is 12.0. The third-order valence-corrected chi connectivity index (χ3v) is 6.40. The molecule has 0 aliphatic carbocycles. The maximum atomic E-state index is 13.6. The van der Waals surface area contributed by atoms with Crippen molar-refractivity contribution in [3.05, 3.63) is 89.5 Å². The highest BCUT2D eigenvalue weighted by atomic mass is 19.1. The molecule has 3 aromatic carbocycles. The third-order valence-electron chi connectivity index (χ3n) is 6.40. The number of halogens is 2. The maximum Gasteiger partial charge on any atom is 0.261 e. The Bertz CT molecular complexity index is 1350. The van der Waals surface area contributed by atoms with Gasteiger partial charge in [0.1, 0.15) is 17.7 Å². The van der Waals surface area contributed by atoms with E-state index in [-0.39, 0.29) is 17.9 Å². The van der Waals surface area contributed by atoms with E-state index >= 15 is 0 Å². The molecule has 0 radical (unpaired) electrons. The molecule has 1 aliphatic rings. The van der Waals surface area contributed by atoms with Crippen LogP contribution in [0.4, 0.5) is 14.5 Å². The molecule has 0 bridgehead atoms. The Morgan fingerprint density at radius 1 is 0.946 bits per heavy atom. The van der Waals surface area contributed by atoms with E-state index < -0.39 is 40.8 Å². The van der Waals surface area contributed by atoms with E-state index in [0.29, 0.717) is 5.69 Å². The largest absolute Gasteiger partial charge is 0.343 e. The number of nitrogens with one attached hydrogen (secondary N) is 2. The SMILES string of the molecule is CC1C(=O)N(NC(=O)[C@@H](NC(=O)Cc2cc(F)cc(F)c2)C(C)(C)C)c2ccccc2-c2ccccc21. The molecule has 1 aliphatic heterocycles. The van der Waals surface area contributed by atoms with Gasteiger partial charge in [-0.2, -0.15) is 0 Å². The molecular formula is C29H29F2N3O3. The lowest BCUT2D eigenvalue weighted by Crippen LogP contribution is -2.59. The van der Waals surface area contributed by atoms with Crippen molar-refractivity contribution in [3.8, 4) is 11.1 Å². The van der Waals surface area contributed by atoms with Gasteiger partial charge in [-0.15, -0.1) is 0 Å². The van der Waals surface area contributed by atoms with Gasteiger partial charge >= 0.3 is 0 Å². The van der Waals surface area contributed by atoms with Crippen molar-refractivity contribution in [1.29, 1.82) is 0 Å². The van der Waals surface area contributed by atoms with Crippen molar-refractivity contribution in [2.24, 2.45) is 5.41 Å². The second kappa shape index (κ2) is 10.1. The molecule has 3 amide bonds. The number of anilines is 1. The molecule has 6 nitrogen and oxygen atoms in total.